The quantitative estimate of drug-likeness (QED) is 0.605. The Hall–Kier alpha value is -2.96. The molecule has 0 bridgehead atoms. The van der Waals surface area contributed by atoms with Crippen molar-refractivity contribution in [1.82, 2.24) is 25.0 Å². The minimum atomic E-state index is -0.196. The standard InChI is InChI=1S/C14H11N5O2/c1-2-8-7-11(18-21-8)13-16-15-12-9-5-3-4-6-10(9)14(20)17-19(12)13/h3-7H,2H2,1H3,(H,17,20). The van der Waals surface area contributed by atoms with Gasteiger partial charge in [-0.15, -0.1) is 10.2 Å². The van der Waals surface area contributed by atoms with Crippen LogP contribution in [0.15, 0.2) is 39.6 Å². The van der Waals surface area contributed by atoms with Crippen LogP contribution in [0.2, 0.25) is 0 Å². The topological polar surface area (TPSA) is 89.1 Å². The highest BCUT2D eigenvalue weighted by Gasteiger charge is 2.16. The van der Waals surface area contributed by atoms with E-state index in [1.54, 1.807) is 16.6 Å². The SMILES string of the molecule is CCc1cc(-c2nnc3c4ccccc4c(=O)[nH]n23)no1. The van der Waals surface area contributed by atoms with Crippen molar-refractivity contribution < 1.29 is 4.52 Å². The van der Waals surface area contributed by atoms with Gasteiger partial charge in [-0.1, -0.05) is 30.3 Å². The Balaban J connectivity index is 2.06. The molecule has 21 heavy (non-hydrogen) atoms. The Morgan fingerprint density at radius 2 is 2.05 bits per heavy atom. The molecule has 3 aromatic heterocycles. The normalized spacial score (nSPS) is 11.5. The lowest BCUT2D eigenvalue weighted by Gasteiger charge is -2.00. The van der Waals surface area contributed by atoms with E-state index in [0.29, 0.717) is 22.6 Å². The van der Waals surface area contributed by atoms with E-state index in [1.165, 1.54) is 0 Å². The van der Waals surface area contributed by atoms with Crippen LogP contribution in [0.25, 0.3) is 27.9 Å². The third kappa shape index (κ3) is 1.67. The van der Waals surface area contributed by atoms with Gasteiger partial charge in [0.1, 0.15) is 5.76 Å². The van der Waals surface area contributed by atoms with E-state index in [9.17, 15) is 4.79 Å². The predicted molar refractivity (Wildman–Crippen MR) is 76.0 cm³/mol. The van der Waals surface area contributed by atoms with Crippen LogP contribution in [0.3, 0.4) is 0 Å². The Labute approximate surface area is 118 Å². The molecule has 0 saturated carbocycles. The Kier molecular flexibility index (Phi) is 2.41. The molecule has 0 atom stereocenters. The summed E-state index contributed by atoms with van der Waals surface area (Å²) in [6.07, 6.45) is 0.739. The first-order valence-corrected chi connectivity index (χ1v) is 6.60. The highest BCUT2D eigenvalue weighted by Crippen LogP contribution is 2.20. The maximum Gasteiger partial charge on any atom is 0.270 e. The Morgan fingerprint density at radius 1 is 1.24 bits per heavy atom. The average molecular weight is 281 g/mol. The number of aryl methyl sites for hydroxylation is 1. The molecular weight excluding hydrogens is 270 g/mol. The highest BCUT2D eigenvalue weighted by atomic mass is 16.5. The molecule has 0 fully saturated rings. The maximum atomic E-state index is 12.2. The smallest absolute Gasteiger partial charge is 0.270 e. The van der Waals surface area contributed by atoms with E-state index in [-0.39, 0.29) is 5.56 Å². The van der Waals surface area contributed by atoms with E-state index < -0.39 is 0 Å². The molecule has 0 spiro atoms. The first-order chi connectivity index (χ1) is 10.3. The lowest BCUT2D eigenvalue weighted by molar-refractivity contribution is 0.388. The van der Waals surface area contributed by atoms with Gasteiger partial charge < -0.3 is 4.52 Å². The molecule has 104 valence electrons. The second-order valence-electron chi connectivity index (χ2n) is 4.70. The third-order valence-electron chi connectivity index (χ3n) is 3.43. The van der Waals surface area contributed by atoms with Gasteiger partial charge in [0.25, 0.3) is 5.56 Å². The summed E-state index contributed by atoms with van der Waals surface area (Å²) in [5.41, 5.74) is 0.935. The van der Waals surface area contributed by atoms with Crippen molar-refractivity contribution in [1.29, 1.82) is 0 Å². The van der Waals surface area contributed by atoms with E-state index in [4.69, 9.17) is 4.52 Å². The van der Waals surface area contributed by atoms with Crippen LogP contribution in [0.5, 0.6) is 0 Å². The van der Waals surface area contributed by atoms with Crippen LogP contribution in [-0.4, -0.2) is 25.0 Å². The number of aromatic amines is 1. The lowest BCUT2D eigenvalue weighted by atomic mass is 10.2. The number of nitrogens with one attached hydrogen (secondary N) is 1. The number of benzene rings is 1. The first-order valence-electron chi connectivity index (χ1n) is 6.60. The van der Waals surface area contributed by atoms with Crippen LogP contribution in [0.1, 0.15) is 12.7 Å². The van der Waals surface area contributed by atoms with E-state index in [0.717, 1.165) is 17.6 Å². The molecule has 0 unspecified atom stereocenters. The van der Waals surface area contributed by atoms with E-state index in [2.05, 4.69) is 20.5 Å². The number of hydrogen-bond acceptors (Lipinski definition) is 5. The molecule has 1 N–H and O–H groups in total. The summed E-state index contributed by atoms with van der Waals surface area (Å²) in [7, 11) is 0. The fourth-order valence-corrected chi connectivity index (χ4v) is 2.35. The summed E-state index contributed by atoms with van der Waals surface area (Å²) in [5.74, 6) is 1.21. The molecule has 0 amide bonds. The largest absolute Gasteiger partial charge is 0.361 e. The molecule has 1 aromatic carbocycles. The van der Waals surface area contributed by atoms with Crippen molar-refractivity contribution >= 4 is 16.4 Å². The lowest BCUT2D eigenvalue weighted by Crippen LogP contribution is -2.12. The number of rotatable bonds is 2. The summed E-state index contributed by atoms with van der Waals surface area (Å²) < 4.78 is 6.72. The van der Waals surface area contributed by atoms with Crippen molar-refractivity contribution in [3.63, 3.8) is 0 Å². The molecule has 4 rings (SSSR count). The Bertz CT molecular complexity index is 1010. The summed E-state index contributed by atoms with van der Waals surface area (Å²) in [5, 5.41) is 16.3. The fraction of sp³-hybridized carbons (Fsp3) is 0.143. The number of H-pyrrole nitrogens is 1. The molecule has 7 nitrogen and oxygen atoms in total. The van der Waals surface area contributed by atoms with Crippen LogP contribution < -0.4 is 5.56 Å². The Morgan fingerprint density at radius 3 is 2.81 bits per heavy atom. The van der Waals surface area contributed by atoms with Gasteiger partial charge in [0.15, 0.2) is 11.3 Å². The monoisotopic (exact) mass is 281 g/mol. The van der Waals surface area contributed by atoms with Crippen LogP contribution in [-0.2, 0) is 6.42 Å². The van der Waals surface area contributed by atoms with Gasteiger partial charge in [-0.3, -0.25) is 9.89 Å². The summed E-state index contributed by atoms with van der Waals surface area (Å²) >= 11 is 0. The molecule has 4 aromatic rings. The van der Waals surface area contributed by atoms with Crippen molar-refractivity contribution in [3.05, 3.63) is 46.4 Å². The van der Waals surface area contributed by atoms with Gasteiger partial charge in [0, 0.05) is 17.9 Å². The van der Waals surface area contributed by atoms with Gasteiger partial charge in [-0.05, 0) is 6.07 Å². The third-order valence-corrected chi connectivity index (χ3v) is 3.43. The van der Waals surface area contributed by atoms with Gasteiger partial charge in [0.2, 0.25) is 5.82 Å². The molecule has 3 heterocycles. The van der Waals surface area contributed by atoms with Crippen LogP contribution in [0.4, 0.5) is 0 Å². The van der Waals surface area contributed by atoms with Crippen molar-refractivity contribution in [2.24, 2.45) is 0 Å². The second-order valence-corrected chi connectivity index (χ2v) is 4.70. The number of fused-ring (bicyclic) bond motifs is 3. The molecule has 0 aliphatic rings. The summed E-state index contributed by atoms with van der Waals surface area (Å²) in [6.45, 7) is 1.97. The van der Waals surface area contributed by atoms with Crippen molar-refractivity contribution in [2.45, 2.75) is 13.3 Å². The van der Waals surface area contributed by atoms with Crippen LogP contribution >= 0.6 is 0 Å². The summed E-state index contributed by atoms with van der Waals surface area (Å²) in [6, 6.07) is 9.08. The van der Waals surface area contributed by atoms with Crippen LogP contribution in [0, 0.1) is 0 Å². The first kappa shape index (κ1) is 11.8. The minimum Gasteiger partial charge on any atom is -0.361 e. The molecule has 0 aliphatic carbocycles. The average Bonchev–Trinajstić information content (AvgIpc) is 3.13. The molecule has 7 heteroatoms. The van der Waals surface area contributed by atoms with E-state index in [1.807, 2.05) is 25.1 Å². The van der Waals surface area contributed by atoms with E-state index >= 15 is 0 Å². The van der Waals surface area contributed by atoms with Gasteiger partial charge in [-0.25, -0.2) is 4.52 Å². The number of hydrogen-bond donors (Lipinski definition) is 1. The fourth-order valence-electron chi connectivity index (χ4n) is 2.35. The minimum absolute atomic E-state index is 0.196. The molecule has 0 saturated heterocycles. The molecule has 0 aliphatic heterocycles. The molecule has 0 radical (unpaired) electrons. The zero-order valence-corrected chi connectivity index (χ0v) is 11.2. The zero-order chi connectivity index (χ0) is 14.4. The van der Waals surface area contributed by atoms with Gasteiger partial charge in [-0.2, -0.15) is 0 Å². The molecular formula is C14H11N5O2. The zero-order valence-electron chi connectivity index (χ0n) is 11.2. The number of aromatic nitrogens is 5. The summed E-state index contributed by atoms with van der Waals surface area (Å²) in [4.78, 5) is 12.2. The maximum absolute atomic E-state index is 12.2. The van der Waals surface area contributed by atoms with Crippen molar-refractivity contribution in [3.8, 4) is 11.5 Å². The van der Waals surface area contributed by atoms with Gasteiger partial charge in [0.05, 0.1) is 5.39 Å². The number of nitrogens with zero attached hydrogens (tertiary/aromatic N) is 4. The van der Waals surface area contributed by atoms with Gasteiger partial charge >= 0.3 is 0 Å². The predicted octanol–water partition coefficient (Wildman–Crippen LogP) is 1.79. The van der Waals surface area contributed by atoms with Crippen molar-refractivity contribution in [2.75, 3.05) is 0 Å². The highest BCUT2D eigenvalue weighted by molar-refractivity contribution is 5.93. The second kappa shape index (κ2) is 4.27.